The third kappa shape index (κ3) is 17.9. The van der Waals surface area contributed by atoms with Crippen molar-refractivity contribution in [3.8, 4) is 34.5 Å². The molecule has 3 aliphatic rings. The molecule has 0 saturated carbocycles. The lowest BCUT2D eigenvalue weighted by atomic mass is 9.95. The molecule has 3 aliphatic heterocycles. The van der Waals surface area contributed by atoms with Crippen LogP contribution in [0.4, 0.5) is 0 Å². The Bertz CT molecular complexity index is 3680. The molecule has 35 heteroatoms. The van der Waals surface area contributed by atoms with E-state index in [1.165, 1.54) is 28.8 Å². The van der Waals surface area contributed by atoms with Gasteiger partial charge in [-0.2, -0.15) is 0 Å². The first kappa shape index (κ1) is 71.1. The van der Waals surface area contributed by atoms with Gasteiger partial charge in [0.25, 0.3) is 23.6 Å². The molecule has 1 aromatic heterocycles. The van der Waals surface area contributed by atoms with E-state index in [2.05, 4.69) is 42.2 Å². The van der Waals surface area contributed by atoms with Crippen LogP contribution in [0.25, 0.3) is 0 Å². The number of aromatic nitrogens is 3. The van der Waals surface area contributed by atoms with E-state index in [0.29, 0.717) is 30.6 Å². The van der Waals surface area contributed by atoms with Crippen molar-refractivity contribution < 1.29 is 117 Å². The van der Waals surface area contributed by atoms with Crippen molar-refractivity contribution in [1.29, 1.82) is 0 Å². The number of thioether (sulfide) groups is 1. The number of rotatable bonds is 28. The van der Waals surface area contributed by atoms with Crippen LogP contribution in [0, 0.1) is 0 Å². The molecule has 4 aromatic carbocycles. The van der Waals surface area contributed by atoms with Gasteiger partial charge in [-0.3, -0.25) is 33.6 Å². The van der Waals surface area contributed by atoms with Gasteiger partial charge in [-0.25, -0.2) is 23.9 Å². The predicted octanol–water partition coefficient (Wildman–Crippen LogP) is -0.858. The van der Waals surface area contributed by atoms with Gasteiger partial charge in [0.15, 0.2) is 52.6 Å². The number of hydrogen-bond acceptors (Lipinski definition) is 26. The SMILES string of the molecule is CC1(C)S[C@@H]2[C@H](NC(=O)[C@H](NC(=O)CCCc3cn(CCOCCOCCOCCNC(=O)c4cc(O)c(O)c(C(=O)N[C@H]5COC(=O)[C@@H](NC(=O)c6cccc(O)c6O)COC(=O)[C@@H](NC(=O)c6cccc(O)c6O)COC5=O)c4)nn3)c3ccccc3)C(=O)N2[C@H]1C(=O)O. The molecule has 3 fully saturated rings. The number of phenols is 6. The van der Waals surface area contributed by atoms with Crippen LogP contribution >= 0.6 is 11.8 Å². The average molecular weight is 1360 g/mol. The van der Waals surface area contributed by atoms with Gasteiger partial charge in [-0.1, -0.05) is 47.7 Å². The summed E-state index contributed by atoms with van der Waals surface area (Å²) in [6.45, 7) is 1.45. The Labute approximate surface area is 548 Å². The summed E-state index contributed by atoms with van der Waals surface area (Å²) in [5.41, 5.74) is -1.13. The smallest absolute Gasteiger partial charge is 0.332 e. The molecule has 0 spiro atoms. The molecule has 512 valence electrons. The van der Waals surface area contributed by atoms with Gasteiger partial charge in [0.1, 0.15) is 43.3 Å². The first-order chi connectivity index (χ1) is 45.8. The zero-order valence-corrected chi connectivity index (χ0v) is 52.1. The summed E-state index contributed by atoms with van der Waals surface area (Å²) in [4.78, 5) is 147. The Kier molecular flexibility index (Phi) is 24.0. The number of hydrogen-bond donors (Lipinski definition) is 13. The van der Waals surface area contributed by atoms with Gasteiger partial charge in [0, 0.05) is 29.5 Å². The number of nitrogens with zero attached hydrogens (tertiary/aromatic N) is 4. The maximum atomic E-state index is 13.7. The maximum Gasteiger partial charge on any atom is 0.332 e. The zero-order chi connectivity index (χ0) is 69.4. The monoisotopic (exact) mass is 1360 g/mol. The highest BCUT2D eigenvalue weighted by atomic mass is 32.2. The summed E-state index contributed by atoms with van der Waals surface area (Å²) in [5.74, 6) is -16.8. The van der Waals surface area contributed by atoms with Crippen LogP contribution in [-0.4, -0.2) is 227 Å². The third-order valence-electron chi connectivity index (χ3n) is 14.9. The van der Waals surface area contributed by atoms with E-state index < -0.39 is 183 Å². The Morgan fingerprint density at radius 3 is 1.71 bits per heavy atom. The number of para-hydroxylation sites is 2. The molecule has 0 radical (unpaired) electrons. The predicted molar refractivity (Wildman–Crippen MR) is 327 cm³/mol. The molecule has 4 heterocycles. The van der Waals surface area contributed by atoms with E-state index in [-0.39, 0.29) is 58.2 Å². The number of benzene rings is 4. The second kappa shape index (κ2) is 32.4. The number of carboxylic acids is 1. The number of fused-ring (bicyclic) bond motifs is 1. The van der Waals surface area contributed by atoms with Crippen molar-refractivity contribution in [2.24, 2.45) is 0 Å². The fraction of sp³-hybridized carbons (Fsp3) is 0.393. The first-order valence-electron chi connectivity index (χ1n) is 29.6. The highest BCUT2D eigenvalue weighted by Gasteiger charge is 2.64. The normalized spacial score (nSPS) is 19.5. The first-order valence-corrected chi connectivity index (χ1v) is 30.5. The molecule has 0 unspecified atom stereocenters. The molecule has 0 bridgehead atoms. The number of aliphatic carboxylic acids is 1. The molecule has 13 N–H and O–H groups in total. The fourth-order valence-corrected chi connectivity index (χ4v) is 11.6. The van der Waals surface area contributed by atoms with Crippen LogP contribution < -0.4 is 31.9 Å². The third-order valence-corrected chi connectivity index (χ3v) is 16.5. The van der Waals surface area contributed by atoms with Crippen LogP contribution in [0.1, 0.15) is 85.4 Å². The molecule has 5 aromatic rings. The number of carboxylic acid groups (broad SMARTS) is 1. The summed E-state index contributed by atoms with van der Waals surface area (Å²) < 4.78 is 33.1. The van der Waals surface area contributed by atoms with Crippen LogP contribution in [0.3, 0.4) is 0 Å². The standard InChI is InChI=1S/C61H68N10O24S/c1-61(2)49(57(85)86)71-55(84)45(56(71)96-61)67-54(83)44(31-9-4-3-5-10-31)66-43(75)16-6-11-33-27-70(69-68-33)18-20-91-22-24-92-23-21-90-19-17-62-50(79)32-25-36(48(78)42(74)26-32)53(82)65-39-30-95-59(88)37(63-51(80)34-12-7-14-40(72)46(34)76)28-93-58(87)38(29-94-60(39)89)64-52(81)35-13-8-15-41(73)47(35)77/h3-5,7-10,12-15,25-27,37-39,44-45,49,56,72-74,76-78H,6,11,16-24,28-30H2,1-2H3,(H,62,79)(H,63,80)(H,64,81)(H,65,82)(H,66,75)(H,67,83)(H,85,86)/t37-,38-,39-,44+,45+,49-,56+/m0/s1. The second-order valence-corrected chi connectivity index (χ2v) is 23.9. The van der Waals surface area contributed by atoms with E-state index in [1.807, 2.05) is 0 Å². The van der Waals surface area contributed by atoms with Crippen LogP contribution in [0.5, 0.6) is 34.5 Å². The van der Waals surface area contributed by atoms with E-state index in [0.717, 1.165) is 36.4 Å². The van der Waals surface area contributed by atoms with Crippen molar-refractivity contribution in [1.82, 2.24) is 51.8 Å². The lowest BCUT2D eigenvalue weighted by molar-refractivity contribution is -0.161. The number of nitrogens with one attached hydrogen (secondary N) is 6. The second-order valence-electron chi connectivity index (χ2n) is 22.1. The number of ether oxygens (including phenoxy) is 6. The Balaban J connectivity index is 0.736. The molecule has 8 rings (SSSR count). The minimum Gasteiger partial charge on any atom is -0.504 e. The maximum absolute atomic E-state index is 13.7. The highest BCUT2D eigenvalue weighted by molar-refractivity contribution is 8.01. The van der Waals surface area contributed by atoms with Crippen molar-refractivity contribution in [3.05, 3.63) is 119 Å². The van der Waals surface area contributed by atoms with E-state index in [4.69, 9.17) is 28.4 Å². The van der Waals surface area contributed by atoms with Crippen molar-refractivity contribution in [2.45, 2.75) is 86.0 Å². The minimum absolute atomic E-state index is 0.0299. The minimum atomic E-state index is -2.04. The van der Waals surface area contributed by atoms with E-state index in [1.54, 1.807) is 55.1 Å². The number of amides is 7. The number of esters is 3. The molecule has 96 heavy (non-hydrogen) atoms. The van der Waals surface area contributed by atoms with Gasteiger partial charge in [0.05, 0.1) is 68.6 Å². The van der Waals surface area contributed by atoms with Crippen LogP contribution in [-0.2, 0) is 74.9 Å². The van der Waals surface area contributed by atoms with Crippen LogP contribution in [0.15, 0.2) is 85.1 Å². The number of carbonyl (C=O) groups excluding carboxylic acids is 10. The van der Waals surface area contributed by atoms with E-state index in [9.17, 15) is 88.5 Å². The Hall–Kier alpha value is -10.8. The lowest BCUT2D eigenvalue weighted by Crippen LogP contribution is -2.71. The number of phenolic OH excluding ortho intramolecular Hbond substituents is 6. The molecule has 0 aliphatic carbocycles. The fourth-order valence-electron chi connectivity index (χ4n) is 9.96. The quantitative estimate of drug-likeness (QED) is 0.00953. The summed E-state index contributed by atoms with van der Waals surface area (Å²) in [6, 6.07) is 7.76. The number of carbonyl (C=O) groups is 11. The average Bonchev–Trinajstić information content (AvgIpc) is 1.55. The van der Waals surface area contributed by atoms with Gasteiger partial charge in [-0.05, 0) is 68.7 Å². The molecule has 7 amide bonds. The largest absolute Gasteiger partial charge is 0.504 e. The highest BCUT2D eigenvalue weighted by Crippen LogP contribution is 2.51. The molecule has 34 nitrogen and oxygen atoms in total. The van der Waals surface area contributed by atoms with Gasteiger partial charge in [-0.15, -0.1) is 16.9 Å². The van der Waals surface area contributed by atoms with Crippen LogP contribution in [0.2, 0.25) is 0 Å². The summed E-state index contributed by atoms with van der Waals surface area (Å²) >= 11 is 1.29. The number of aryl methyl sites for hydroxylation is 1. The molecular formula is C61H68N10O24S. The van der Waals surface area contributed by atoms with Gasteiger partial charge < -0.3 is 101 Å². The van der Waals surface area contributed by atoms with Gasteiger partial charge >= 0.3 is 23.9 Å². The Morgan fingerprint density at radius 2 is 1.16 bits per heavy atom. The topological polar surface area (TPSA) is 491 Å². The summed E-state index contributed by atoms with van der Waals surface area (Å²) in [5, 5.41) is 93.6. The molecule has 3 saturated heterocycles. The molecular weight excluding hydrogens is 1290 g/mol. The lowest BCUT2D eigenvalue weighted by Gasteiger charge is -2.44. The zero-order valence-electron chi connectivity index (χ0n) is 51.3. The summed E-state index contributed by atoms with van der Waals surface area (Å²) in [7, 11) is 0. The number of β-lactam (4-membered cyclic amide) rings is 1. The van der Waals surface area contributed by atoms with E-state index >= 15 is 0 Å². The molecule has 7 atom stereocenters. The van der Waals surface area contributed by atoms with Crippen molar-refractivity contribution in [3.63, 3.8) is 0 Å². The number of aromatic hydroxyl groups is 6. The Morgan fingerprint density at radius 1 is 0.635 bits per heavy atom. The van der Waals surface area contributed by atoms with Crippen molar-refractivity contribution >= 4 is 77.0 Å². The number of cyclic esters (lactones) is 3. The van der Waals surface area contributed by atoms with Crippen molar-refractivity contribution in [2.75, 3.05) is 66.0 Å². The summed E-state index contributed by atoms with van der Waals surface area (Å²) in [6.07, 6.45) is 2.54. The van der Waals surface area contributed by atoms with Gasteiger partial charge in [0.2, 0.25) is 17.7 Å².